The van der Waals surface area contributed by atoms with Crippen LogP contribution in [0.4, 0.5) is 4.39 Å². The first-order valence-electron chi connectivity index (χ1n) is 7.18. The first kappa shape index (κ1) is 16.3. The van der Waals surface area contributed by atoms with Crippen molar-refractivity contribution in [2.75, 3.05) is 20.2 Å². The average molecular weight is 309 g/mol. The molecule has 1 atom stereocenters. The Morgan fingerprint density at radius 3 is 2.59 bits per heavy atom. The fourth-order valence-electron chi connectivity index (χ4n) is 2.90. The number of carboxylic acid groups (broad SMARTS) is 1. The van der Waals surface area contributed by atoms with Gasteiger partial charge in [0.1, 0.15) is 0 Å². The van der Waals surface area contributed by atoms with Crippen molar-refractivity contribution in [2.24, 2.45) is 11.3 Å². The molecule has 6 heteroatoms. The predicted octanol–water partition coefficient (Wildman–Crippen LogP) is 2.41. The zero-order valence-corrected chi connectivity index (χ0v) is 12.9. The van der Waals surface area contributed by atoms with Crippen molar-refractivity contribution in [3.8, 4) is 5.75 Å². The molecule has 5 nitrogen and oxygen atoms in total. The molecule has 1 aromatic rings. The van der Waals surface area contributed by atoms with Crippen LogP contribution in [-0.2, 0) is 4.79 Å². The number of carbonyl (C=O) groups is 2. The van der Waals surface area contributed by atoms with Gasteiger partial charge in [0.05, 0.1) is 18.1 Å². The highest BCUT2D eigenvalue weighted by molar-refractivity contribution is 5.95. The number of methoxy groups -OCH3 is 1. The lowest BCUT2D eigenvalue weighted by Crippen LogP contribution is -2.40. The average Bonchev–Trinajstić information content (AvgIpc) is 2.93. The van der Waals surface area contributed by atoms with Gasteiger partial charge in [0, 0.05) is 13.1 Å². The monoisotopic (exact) mass is 309 g/mol. The maximum absolute atomic E-state index is 14.2. The topological polar surface area (TPSA) is 66.8 Å². The van der Waals surface area contributed by atoms with Crippen LogP contribution < -0.4 is 4.74 Å². The number of halogens is 1. The molecule has 0 bridgehead atoms. The summed E-state index contributed by atoms with van der Waals surface area (Å²) in [6.07, 6.45) is 0.372. The van der Waals surface area contributed by atoms with E-state index in [2.05, 4.69) is 0 Å². The van der Waals surface area contributed by atoms with Crippen molar-refractivity contribution in [1.29, 1.82) is 0 Å². The Balaban J connectivity index is 2.28. The zero-order valence-electron chi connectivity index (χ0n) is 12.9. The van der Waals surface area contributed by atoms with Gasteiger partial charge in [-0.05, 0) is 24.5 Å². The normalized spacial score (nSPS) is 21.2. The van der Waals surface area contributed by atoms with Crippen LogP contribution in [-0.4, -0.2) is 42.1 Å². The molecule has 0 radical (unpaired) electrons. The van der Waals surface area contributed by atoms with Crippen molar-refractivity contribution in [3.63, 3.8) is 0 Å². The van der Waals surface area contributed by atoms with E-state index in [9.17, 15) is 19.1 Å². The highest BCUT2D eigenvalue weighted by Crippen LogP contribution is 2.39. The lowest BCUT2D eigenvalue weighted by Gasteiger charge is -2.28. The fourth-order valence-corrected chi connectivity index (χ4v) is 2.90. The maximum Gasteiger partial charge on any atom is 0.311 e. The molecule has 0 saturated carbocycles. The van der Waals surface area contributed by atoms with Crippen LogP contribution in [0.3, 0.4) is 0 Å². The molecule has 1 N–H and O–H groups in total. The number of rotatable bonds is 4. The Hall–Kier alpha value is -2.11. The summed E-state index contributed by atoms with van der Waals surface area (Å²) in [6.45, 7) is 4.05. The van der Waals surface area contributed by atoms with E-state index in [1.54, 1.807) is 0 Å². The van der Waals surface area contributed by atoms with Crippen LogP contribution in [0.25, 0.3) is 0 Å². The Morgan fingerprint density at radius 2 is 2.09 bits per heavy atom. The molecule has 0 aromatic heterocycles. The minimum Gasteiger partial charge on any atom is -0.494 e. The van der Waals surface area contributed by atoms with Gasteiger partial charge < -0.3 is 14.7 Å². The van der Waals surface area contributed by atoms with Crippen LogP contribution in [0.2, 0.25) is 0 Å². The van der Waals surface area contributed by atoms with Gasteiger partial charge >= 0.3 is 5.97 Å². The second kappa shape index (κ2) is 5.94. The SMILES string of the molecule is COc1cccc(C(=O)N2CCC(C(=O)O)(C(C)C)C2)c1F. The number of carboxylic acids is 1. The number of amides is 1. The number of hydrogen-bond donors (Lipinski definition) is 1. The Labute approximate surface area is 128 Å². The fraction of sp³-hybridized carbons (Fsp3) is 0.500. The molecule has 22 heavy (non-hydrogen) atoms. The molecule has 1 aromatic carbocycles. The smallest absolute Gasteiger partial charge is 0.311 e. The number of hydrogen-bond acceptors (Lipinski definition) is 3. The van der Waals surface area contributed by atoms with Crippen LogP contribution in [0, 0.1) is 17.2 Å². The molecule has 1 aliphatic rings. The summed E-state index contributed by atoms with van der Waals surface area (Å²) in [5.41, 5.74) is -1.06. The molecule has 0 aliphatic carbocycles. The van der Waals surface area contributed by atoms with Crippen molar-refractivity contribution in [3.05, 3.63) is 29.6 Å². The third-order valence-corrected chi connectivity index (χ3v) is 4.53. The van der Waals surface area contributed by atoms with Crippen LogP contribution >= 0.6 is 0 Å². The van der Waals surface area contributed by atoms with Gasteiger partial charge in [-0.3, -0.25) is 9.59 Å². The maximum atomic E-state index is 14.2. The van der Waals surface area contributed by atoms with Crippen molar-refractivity contribution < 1.29 is 23.8 Å². The predicted molar refractivity (Wildman–Crippen MR) is 78.4 cm³/mol. The van der Waals surface area contributed by atoms with Crippen molar-refractivity contribution in [2.45, 2.75) is 20.3 Å². The molecule has 1 saturated heterocycles. The lowest BCUT2D eigenvalue weighted by molar-refractivity contribution is -0.150. The number of likely N-dealkylation sites (tertiary alicyclic amines) is 1. The molecule has 0 spiro atoms. The van der Waals surface area contributed by atoms with Crippen LogP contribution in [0.5, 0.6) is 5.75 Å². The van der Waals surface area contributed by atoms with E-state index in [4.69, 9.17) is 4.74 Å². The number of carbonyl (C=O) groups excluding carboxylic acids is 1. The molecule has 1 heterocycles. The van der Waals surface area contributed by atoms with Crippen molar-refractivity contribution >= 4 is 11.9 Å². The summed E-state index contributed by atoms with van der Waals surface area (Å²) >= 11 is 0. The Morgan fingerprint density at radius 1 is 1.41 bits per heavy atom. The molecular weight excluding hydrogens is 289 g/mol. The summed E-state index contributed by atoms with van der Waals surface area (Å²) in [5.74, 6) is -2.24. The highest BCUT2D eigenvalue weighted by atomic mass is 19.1. The molecule has 120 valence electrons. The molecule has 1 amide bonds. The molecule has 2 rings (SSSR count). The quantitative estimate of drug-likeness (QED) is 0.927. The van der Waals surface area contributed by atoms with Crippen LogP contribution in [0.15, 0.2) is 18.2 Å². The molecule has 1 fully saturated rings. The summed E-state index contributed by atoms with van der Waals surface area (Å²) in [7, 11) is 1.33. The Kier molecular flexibility index (Phi) is 4.39. The molecule has 1 aliphatic heterocycles. The third kappa shape index (κ3) is 2.53. The van der Waals surface area contributed by atoms with Gasteiger partial charge in [0.2, 0.25) is 0 Å². The van der Waals surface area contributed by atoms with E-state index >= 15 is 0 Å². The standard InChI is InChI=1S/C16H20FNO4/c1-10(2)16(15(20)21)7-8-18(9-16)14(19)11-5-4-6-12(22-3)13(11)17/h4-6,10H,7-9H2,1-3H3,(H,20,21). The van der Waals surface area contributed by atoms with Gasteiger partial charge in [-0.25, -0.2) is 4.39 Å². The van der Waals surface area contributed by atoms with E-state index < -0.39 is 23.1 Å². The van der Waals surface area contributed by atoms with Gasteiger partial charge in [0.15, 0.2) is 11.6 Å². The summed E-state index contributed by atoms with van der Waals surface area (Å²) in [6, 6.07) is 4.36. The summed E-state index contributed by atoms with van der Waals surface area (Å²) < 4.78 is 19.1. The lowest BCUT2D eigenvalue weighted by atomic mass is 9.76. The van der Waals surface area contributed by atoms with Gasteiger partial charge in [-0.1, -0.05) is 19.9 Å². The molecule has 1 unspecified atom stereocenters. The number of nitrogens with zero attached hydrogens (tertiary/aromatic N) is 1. The zero-order chi connectivity index (χ0) is 16.5. The van der Waals surface area contributed by atoms with E-state index in [1.165, 1.54) is 30.2 Å². The first-order chi connectivity index (χ1) is 10.3. The van der Waals surface area contributed by atoms with E-state index in [-0.39, 0.29) is 23.8 Å². The van der Waals surface area contributed by atoms with Gasteiger partial charge in [-0.2, -0.15) is 0 Å². The highest BCUT2D eigenvalue weighted by Gasteiger charge is 2.48. The summed E-state index contributed by atoms with van der Waals surface area (Å²) in [4.78, 5) is 25.5. The Bertz CT molecular complexity index is 602. The largest absolute Gasteiger partial charge is 0.494 e. The number of ether oxygens (including phenoxy) is 1. The first-order valence-corrected chi connectivity index (χ1v) is 7.18. The molecular formula is C16H20FNO4. The number of aliphatic carboxylic acids is 1. The van der Waals surface area contributed by atoms with Crippen molar-refractivity contribution in [1.82, 2.24) is 4.90 Å². The van der Waals surface area contributed by atoms with E-state index in [0.717, 1.165) is 0 Å². The minimum absolute atomic E-state index is 0.00148. The minimum atomic E-state index is -0.967. The second-order valence-corrected chi connectivity index (χ2v) is 5.91. The van der Waals surface area contributed by atoms with Crippen LogP contribution in [0.1, 0.15) is 30.6 Å². The third-order valence-electron chi connectivity index (χ3n) is 4.53. The second-order valence-electron chi connectivity index (χ2n) is 5.91. The summed E-state index contributed by atoms with van der Waals surface area (Å²) in [5, 5.41) is 9.51. The van der Waals surface area contributed by atoms with Gasteiger partial charge in [-0.15, -0.1) is 0 Å². The number of benzene rings is 1. The van der Waals surface area contributed by atoms with E-state index in [1.807, 2.05) is 13.8 Å². The van der Waals surface area contributed by atoms with E-state index in [0.29, 0.717) is 13.0 Å². The van der Waals surface area contributed by atoms with Gasteiger partial charge in [0.25, 0.3) is 5.91 Å².